The molecule has 0 fully saturated rings. The van der Waals surface area contributed by atoms with E-state index in [2.05, 4.69) is 0 Å². The SMILES string of the molecule is O=P(c1ccccc1)(c1ccccc1)c1cccc(Cl)c1F. The highest BCUT2D eigenvalue weighted by molar-refractivity contribution is 7.85. The van der Waals surface area contributed by atoms with Gasteiger partial charge in [0.2, 0.25) is 0 Å². The van der Waals surface area contributed by atoms with E-state index in [9.17, 15) is 8.96 Å². The molecule has 0 N–H and O–H groups in total. The van der Waals surface area contributed by atoms with Gasteiger partial charge in [0.25, 0.3) is 0 Å². The molecule has 0 saturated heterocycles. The lowest BCUT2D eigenvalue weighted by Gasteiger charge is -2.20. The number of hydrogen-bond acceptors (Lipinski definition) is 1. The largest absolute Gasteiger partial charge is 0.309 e. The van der Waals surface area contributed by atoms with Crippen LogP contribution in [-0.4, -0.2) is 0 Å². The molecule has 22 heavy (non-hydrogen) atoms. The van der Waals surface area contributed by atoms with Gasteiger partial charge in [-0.05, 0) is 12.1 Å². The second kappa shape index (κ2) is 6.08. The van der Waals surface area contributed by atoms with Crippen LogP contribution < -0.4 is 15.9 Å². The summed E-state index contributed by atoms with van der Waals surface area (Å²) in [4.78, 5) is 0. The molecule has 0 radical (unpaired) electrons. The highest BCUT2D eigenvalue weighted by Gasteiger charge is 2.32. The third-order valence-electron chi connectivity index (χ3n) is 3.51. The van der Waals surface area contributed by atoms with Crippen LogP contribution in [0.5, 0.6) is 0 Å². The standard InChI is InChI=1S/C18H13ClFOP/c19-16-12-7-13-17(18(16)20)22(21,14-8-3-1-4-9-14)15-10-5-2-6-11-15/h1-13H. The van der Waals surface area contributed by atoms with E-state index >= 15 is 0 Å². The summed E-state index contributed by atoms with van der Waals surface area (Å²) in [6, 6.07) is 22.5. The Bertz CT molecular complexity index is 791. The van der Waals surface area contributed by atoms with E-state index in [1.54, 1.807) is 60.7 Å². The molecule has 4 heteroatoms. The van der Waals surface area contributed by atoms with Crippen LogP contribution in [0.3, 0.4) is 0 Å². The van der Waals surface area contributed by atoms with Crippen molar-refractivity contribution in [1.29, 1.82) is 0 Å². The van der Waals surface area contributed by atoms with Gasteiger partial charge < -0.3 is 4.57 Å². The Morgan fingerprint density at radius 2 is 1.23 bits per heavy atom. The van der Waals surface area contributed by atoms with Gasteiger partial charge in [-0.25, -0.2) is 4.39 Å². The summed E-state index contributed by atoms with van der Waals surface area (Å²) >= 11 is 5.90. The number of halogens is 2. The van der Waals surface area contributed by atoms with Gasteiger partial charge in [0.15, 0.2) is 13.0 Å². The Morgan fingerprint density at radius 3 is 1.73 bits per heavy atom. The van der Waals surface area contributed by atoms with Gasteiger partial charge in [0, 0.05) is 10.6 Å². The molecule has 0 heterocycles. The third-order valence-corrected chi connectivity index (χ3v) is 6.88. The first-order chi connectivity index (χ1) is 10.6. The monoisotopic (exact) mass is 330 g/mol. The minimum atomic E-state index is -3.30. The Balaban J connectivity index is 2.34. The maximum absolute atomic E-state index is 14.6. The Hall–Kier alpha value is -1.89. The molecule has 0 aliphatic rings. The van der Waals surface area contributed by atoms with Crippen LogP contribution in [0, 0.1) is 5.82 Å². The summed E-state index contributed by atoms with van der Waals surface area (Å²) in [5, 5.41) is 1.28. The predicted molar refractivity (Wildman–Crippen MR) is 90.8 cm³/mol. The van der Waals surface area contributed by atoms with Gasteiger partial charge in [-0.1, -0.05) is 78.3 Å². The van der Waals surface area contributed by atoms with Crippen LogP contribution in [0.15, 0.2) is 78.9 Å². The maximum atomic E-state index is 14.6. The molecule has 0 bridgehead atoms. The van der Waals surface area contributed by atoms with Crippen molar-refractivity contribution in [3.63, 3.8) is 0 Å². The molecule has 3 rings (SSSR count). The highest BCUT2D eigenvalue weighted by Crippen LogP contribution is 2.43. The zero-order valence-corrected chi connectivity index (χ0v) is 13.3. The molecular formula is C18H13ClFOP. The fourth-order valence-corrected chi connectivity index (χ4v) is 5.41. The maximum Gasteiger partial charge on any atom is 0.173 e. The second-order valence-electron chi connectivity index (χ2n) is 4.85. The van der Waals surface area contributed by atoms with Gasteiger partial charge >= 0.3 is 0 Å². The topological polar surface area (TPSA) is 17.1 Å². The predicted octanol–water partition coefficient (Wildman–Crippen LogP) is 4.12. The zero-order chi connectivity index (χ0) is 15.6. The molecule has 0 amide bonds. The molecule has 1 nitrogen and oxygen atoms in total. The van der Waals surface area contributed by atoms with Crippen molar-refractivity contribution in [2.24, 2.45) is 0 Å². The van der Waals surface area contributed by atoms with Crippen LogP contribution in [0.1, 0.15) is 0 Å². The number of benzene rings is 3. The van der Waals surface area contributed by atoms with E-state index in [0.717, 1.165) is 0 Å². The molecule has 0 atom stereocenters. The summed E-state index contributed by atoms with van der Waals surface area (Å²) in [5.74, 6) is -0.625. The summed E-state index contributed by atoms with van der Waals surface area (Å²) < 4.78 is 28.5. The van der Waals surface area contributed by atoms with Crippen molar-refractivity contribution < 1.29 is 8.96 Å². The fraction of sp³-hybridized carbons (Fsp3) is 0. The average molecular weight is 331 g/mol. The zero-order valence-electron chi connectivity index (χ0n) is 11.6. The lowest BCUT2D eigenvalue weighted by molar-refractivity contribution is 0.589. The molecule has 0 spiro atoms. The minimum absolute atomic E-state index is 0.0235. The van der Waals surface area contributed by atoms with Crippen LogP contribution in [-0.2, 0) is 4.57 Å². The Labute approximate surface area is 133 Å². The molecule has 0 aliphatic carbocycles. The van der Waals surface area contributed by atoms with E-state index < -0.39 is 13.0 Å². The van der Waals surface area contributed by atoms with Crippen LogP contribution in [0.25, 0.3) is 0 Å². The summed E-state index contributed by atoms with van der Waals surface area (Å²) in [7, 11) is -3.30. The van der Waals surface area contributed by atoms with Crippen LogP contribution in [0.2, 0.25) is 5.02 Å². The molecule has 3 aromatic carbocycles. The van der Waals surface area contributed by atoms with Gasteiger partial charge in [-0.3, -0.25) is 0 Å². The van der Waals surface area contributed by atoms with Crippen molar-refractivity contribution >= 4 is 34.7 Å². The van der Waals surface area contributed by atoms with Crippen molar-refractivity contribution in [2.75, 3.05) is 0 Å². The lowest BCUT2D eigenvalue weighted by Crippen LogP contribution is -2.27. The van der Waals surface area contributed by atoms with Crippen molar-refractivity contribution in [3.8, 4) is 0 Å². The van der Waals surface area contributed by atoms with Crippen molar-refractivity contribution in [1.82, 2.24) is 0 Å². The molecular weight excluding hydrogens is 318 g/mol. The summed E-state index contributed by atoms with van der Waals surface area (Å²) in [5.41, 5.74) is 0. The molecule has 110 valence electrons. The van der Waals surface area contributed by atoms with Gasteiger partial charge in [-0.2, -0.15) is 0 Å². The normalized spacial score (nSPS) is 11.4. The highest BCUT2D eigenvalue weighted by atomic mass is 35.5. The van der Waals surface area contributed by atoms with Crippen molar-refractivity contribution in [3.05, 3.63) is 89.7 Å². The molecule has 3 aromatic rings. The van der Waals surface area contributed by atoms with E-state index in [-0.39, 0.29) is 10.3 Å². The second-order valence-corrected chi connectivity index (χ2v) is 7.99. The van der Waals surface area contributed by atoms with Gasteiger partial charge in [0.05, 0.1) is 10.3 Å². The summed E-state index contributed by atoms with van der Waals surface area (Å²) in [6.07, 6.45) is 0. The first kappa shape index (κ1) is 15.0. The Kier molecular flexibility index (Phi) is 4.15. The molecule has 0 aliphatic heterocycles. The number of hydrogen-bond donors (Lipinski definition) is 0. The smallest absolute Gasteiger partial charge is 0.173 e. The molecule has 0 aromatic heterocycles. The molecule has 0 unspecified atom stereocenters. The first-order valence-electron chi connectivity index (χ1n) is 6.80. The number of rotatable bonds is 3. The van der Waals surface area contributed by atoms with Crippen LogP contribution >= 0.6 is 18.7 Å². The van der Waals surface area contributed by atoms with E-state index in [0.29, 0.717) is 10.6 Å². The minimum Gasteiger partial charge on any atom is -0.309 e. The third kappa shape index (κ3) is 2.49. The van der Waals surface area contributed by atoms with Gasteiger partial charge in [0.1, 0.15) is 0 Å². The molecule has 0 saturated carbocycles. The first-order valence-corrected chi connectivity index (χ1v) is 8.88. The average Bonchev–Trinajstić information content (AvgIpc) is 2.58. The van der Waals surface area contributed by atoms with E-state index in [1.807, 2.05) is 12.1 Å². The summed E-state index contributed by atoms with van der Waals surface area (Å²) in [6.45, 7) is 0. The van der Waals surface area contributed by atoms with E-state index in [1.165, 1.54) is 6.07 Å². The Morgan fingerprint density at radius 1 is 0.727 bits per heavy atom. The fourth-order valence-electron chi connectivity index (χ4n) is 2.44. The van der Waals surface area contributed by atoms with Crippen LogP contribution in [0.4, 0.5) is 4.39 Å². The van der Waals surface area contributed by atoms with Crippen molar-refractivity contribution in [2.45, 2.75) is 0 Å². The quantitative estimate of drug-likeness (QED) is 0.660. The van der Waals surface area contributed by atoms with E-state index in [4.69, 9.17) is 11.6 Å². The lowest BCUT2D eigenvalue weighted by atomic mass is 10.3. The van der Waals surface area contributed by atoms with Gasteiger partial charge in [-0.15, -0.1) is 0 Å².